The molecule has 0 radical (unpaired) electrons. The highest BCUT2D eigenvalue weighted by atomic mass is 16.4. The van der Waals surface area contributed by atoms with Gasteiger partial charge in [0, 0.05) is 6.42 Å². The van der Waals surface area contributed by atoms with Crippen LogP contribution < -0.4 is 16.4 Å². The van der Waals surface area contributed by atoms with Gasteiger partial charge in [0.1, 0.15) is 12.1 Å². The van der Waals surface area contributed by atoms with Crippen molar-refractivity contribution in [3.05, 3.63) is 0 Å². The van der Waals surface area contributed by atoms with E-state index in [1.54, 1.807) is 13.8 Å². The first-order valence-corrected chi connectivity index (χ1v) is 16.5. The summed E-state index contributed by atoms with van der Waals surface area (Å²) in [7, 11) is 0. The molecule has 0 heterocycles. The maximum atomic E-state index is 13.0. The minimum atomic E-state index is -1.43. The Morgan fingerprint density at radius 2 is 1.57 bits per heavy atom. The van der Waals surface area contributed by atoms with E-state index in [1.807, 2.05) is 0 Å². The summed E-state index contributed by atoms with van der Waals surface area (Å²) in [6.07, 6.45) is 11.1. The van der Waals surface area contributed by atoms with Gasteiger partial charge < -0.3 is 26.6 Å². The molecule has 9 nitrogen and oxygen atoms in total. The first-order chi connectivity index (χ1) is 19.7. The fourth-order valence-electron chi connectivity index (χ4n) is 10.2. The number of nitrogens with two attached hydrogens (primary N) is 1. The maximum absolute atomic E-state index is 13.0. The molecule has 0 bridgehead atoms. The van der Waals surface area contributed by atoms with Crippen LogP contribution in [0.2, 0.25) is 0 Å². The van der Waals surface area contributed by atoms with Crippen molar-refractivity contribution in [3.8, 4) is 0 Å². The SMILES string of the molecule is CC(C)[C@H](NC(=O)CC[C@@H](C)[C@H]1CC[C@H]2[C@@H]3CC[C@@H]4C[C@H](O)CC[C@]4(C)[C@H]3CC[C@]12C)C(=O)N[C@@H](CC(N)=O)C(=O)O. The van der Waals surface area contributed by atoms with Crippen molar-refractivity contribution in [1.29, 1.82) is 0 Å². The third-order valence-electron chi connectivity index (χ3n) is 12.5. The molecule has 0 aromatic heterocycles. The number of fused-ring (bicyclic) bond motifs is 5. The molecule has 0 spiro atoms. The number of primary amides is 1. The number of rotatable bonds is 11. The average Bonchev–Trinajstić information content (AvgIpc) is 3.27. The van der Waals surface area contributed by atoms with Gasteiger partial charge in [0.2, 0.25) is 17.7 Å². The Morgan fingerprint density at radius 3 is 2.21 bits per heavy atom. The molecule has 4 aliphatic carbocycles. The van der Waals surface area contributed by atoms with E-state index in [4.69, 9.17) is 5.73 Å². The molecule has 0 aromatic carbocycles. The zero-order valence-corrected chi connectivity index (χ0v) is 26.4. The van der Waals surface area contributed by atoms with Crippen LogP contribution in [0.15, 0.2) is 0 Å². The van der Waals surface area contributed by atoms with Crippen molar-refractivity contribution in [3.63, 3.8) is 0 Å². The van der Waals surface area contributed by atoms with Gasteiger partial charge in [-0.25, -0.2) is 4.79 Å². The standard InChI is InChI=1S/C33H55N3O6/c1-18(2)29(30(40)35-26(31(41)42)17-27(34)38)36-28(39)11-6-19(3)23-9-10-24-22-8-7-20-16-21(37)12-14-32(20,4)25(22)13-15-33(23,24)5/h18-26,29,37H,6-17H2,1-5H3,(H2,34,38)(H,35,40)(H,36,39)(H,41,42)/t19-,20-,21-,22+,23-,24+,25+,26+,29+,32+,33-/m1/s1. The molecule has 9 heteroatoms. The Balaban J connectivity index is 1.33. The van der Waals surface area contributed by atoms with Gasteiger partial charge in [-0.2, -0.15) is 0 Å². The van der Waals surface area contributed by atoms with E-state index in [-0.39, 0.29) is 17.9 Å². The Labute approximate surface area is 251 Å². The van der Waals surface area contributed by atoms with Gasteiger partial charge in [-0.15, -0.1) is 0 Å². The van der Waals surface area contributed by atoms with Crippen LogP contribution in [-0.4, -0.2) is 52.1 Å². The molecule has 4 rings (SSSR count). The van der Waals surface area contributed by atoms with Crippen molar-refractivity contribution in [1.82, 2.24) is 10.6 Å². The zero-order valence-electron chi connectivity index (χ0n) is 26.4. The minimum absolute atomic E-state index is 0.115. The van der Waals surface area contributed by atoms with Gasteiger partial charge in [0.05, 0.1) is 12.5 Å². The number of carbonyl (C=O) groups is 4. The van der Waals surface area contributed by atoms with Crippen LogP contribution >= 0.6 is 0 Å². The summed E-state index contributed by atoms with van der Waals surface area (Å²) in [5, 5.41) is 24.9. The Hall–Kier alpha value is -2.16. The zero-order chi connectivity index (χ0) is 31.0. The number of nitrogens with one attached hydrogen (secondary N) is 2. The lowest BCUT2D eigenvalue weighted by atomic mass is 9.44. The summed E-state index contributed by atoms with van der Waals surface area (Å²) in [5.41, 5.74) is 5.79. The summed E-state index contributed by atoms with van der Waals surface area (Å²) < 4.78 is 0. The Bertz CT molecular complexity index is 1030. The van der Waals surface area contributed by atoms with Crippen molar-refractivity contribution < 1.29 is 29.4 Å². The molecule has 42 heavy (non-hydrogen) atoms. The smallest absolute Gasteiger partial charge is 0.326 e. The molecular weight excluding hydrogens is 534 g/mol. The molecular formula is C33H55N3O6. The van der Waals surface area contributed by atoms with Crippen molar-refractivity contribution in [2.24, 2.45) is 58.0 Å². The maximum Gasteiger partial charge on any atom is 0.326 e. The van der Waals surface area contributed by atoms with E-state index in [9.17, 15) is 29.4 Å². The molecule has 6 N–H and O–H groups in total. The second-order valence-electron chi connectivity index (χ2n) is 15.2. The molecule has 0 unspecified atom stereocenters. The normalized spacial score (nSPS) is 37.9. The largest absolute Gasteiger partial charge is 0.480 e. The summed E-state index contributed by atoms with van der Waals surface area (Å²) >= 11 is 0. The van der Waals surface area contributed by atoms with Gasteiger partial charge in [0.25, 0.3) is 0 Å². The predicted octanol–water partition coefficient (Wildman–Crippen LogP) is 4.01. The van der Waals surface area contributed by atoms with E-state index < -0.39 is 36.3 Å². The molecule has 4 aliphatic rings. The van der Waals surface area contributed by atoms with Gasteiger partial charge in [-0.05, 0) is 116 Å². The molecule has 238 valence electrons. The first kappa shape index (κ1) is 32.7. The summed E-state index contributed by atoms with van der Waals surface area (Å²) in [6.45, 7) is 10.9. The molecule has 0 saturated heterocycles. The van der Waals surface area contributed by atoms with Gasteiger partial charge >= 0.3 is 5.97 Å². The van der Waals surface area contributed by atoms with E-state index in [0.29, 0.717) is 35.0 Å². The number of aliphatic hydroxyl groups is 1. The number of aliphatic hydroxyl groups excluding tert-OH is 1. The average molecular weight is 590 g/mol. The van der Waals surface area contributed by atoms with E-state index in [0.717, 1.165) is 43.4 Å². The lowest BCUT2D eigenvalue weighted by Gasteiger charge is -2.61. The third-order valence-corrected chi connectivity index (χ3v) is 12.5. The van der Waals surface area contributed by atoms with Crippen molar-refractivity contribution in [2.45, 2.75) is 130 Å². The van der Waals surface area contributed by atoms with E-state index in [1.165, 1.54) is 38.5 Å². The number of carbonyl (C=O) groups excluding carboxylic acids is 3. The van der Waals surface area contributed by atoms with Crippen LogP contribution in [0.3, 0.4) is 0 Å². The van der Waals surface area contributed by atoms with Crippen molar-refractivity contribution in [2.75, 3.05) is 0 Å². The molecule has 0 aromatic rings. The van der Waals surface area contributed by atoms with Gasteiger partial charge in [-0.3, -0.25) is 14.4 Å². The van der Waals surface area contributed by atoms with Crippen LogP contribution in [0.1, 0.15) is 112 Å². The topological polar surface area (TPSA) is 159 Å². The lowest BCUT2D eigenvalue weighted by molar-refractivity contribution is -0.144. The summed E-state index contributed by atoms with van der Waals surface area (Å²) in [4.78, 5) is 48.6. The third kappa shape index (κ3) is 6.51. The van der Waals surface area contributed by atoms with Gasteiger partial charge in [-0.1, -0.05) is 34.6 Å². The predicted molar refractivity (Wildman–Crippen MR) is 160 cm³/mol. The summed E-state index contributed by atoms with van der Waals surface area (Å²) in [5.74, 6) is 0.626. The van der Waals surface area contributed by atoms with E-state index in [2.05, 4.69) is 31.4 Å². The molecule has 4 fully saturated rings. The van der Waals surface area contributed by atoms with Crippen LogP contribution in [0, 0.1) is 52.3 Å². The molecule has 0 aliphatic heterocycles. The highest BCUT2D eigenvalue weighted by molar-refractivity contribution is 5.92. The quantitative estimate of drug-likeness (QED) is 0.245. The van der Waals surface area contributed by atoms with Crippen LogP contribution in [-0.2, 0) is 19.2 Å². The molecule has 4 saturated carbocycles. The van der Waals surface area contributed by atoms with Crippen LogP contribution in [0.4, 0.5) is 0 Å². The second-order valence-corrected chi connectivity index (χ2v) is 15.2. The number of amides is 3. The second kappa shape index (κ2) is 12.8. The van der Waals surface area contributed by atoms with Crippen LogP contribution in [0.25, 0.3) is 0 Å². The summed E-state index contributed by atoms with van der Waals surface area (Å²) in [6, 6.07) is -2.33. The first-order valence-electron chi connectivity index (χ1n) is 16.5. The highest BCUT2D eigenvalue weighted by Crippen LogP contribution is 2.68. The van der Waals surface area contributed by atoms with Crippen LogP contribution in [0.5, 0.6) is 0 Å². The number of hydrogen-bond acceptors (Lipinski definition) is 5. The number of aliphatic carboxylic acids is 1. The monoisotopic (exact) mass is 589 g/mol. The molecule has 3 amide bonds. The highest BCUT2D eigenvalue weighted by Gasteiger charge is 2.60. The lowest BCUT2D eigenvalue weighted by Crippen LogP contribution is -2.54. The van der Waals surface area contributed by atoms with Crippen molar-refractivity contribution >= 4 is 23.7 Å². The number of hydrogen-bond donors (Lipinski definition) is 5. The number of carboxylic acid groups (broad SMARTS) is 1. The Kier molecular flexibility index (Phi) is 10.0. The fraction of sp³-hybridized carbons (Fsp3) is 0.879. The van der Waals surface area contributed by atoms with Gasteiger partial charge in [0.15, 0.2) is 0 Å². The fourth-order valence-corrected chi connectivity index (χ4v) is 10.2. The molecule has 11 atom stereocenters. The minimum Gasteiger partial charge on any atom is -0.480 e. The number of carboxylic acids is 1. The Morgan fingerprint density at radius 1 is 0.905 bits per heavy atom. The van der Waals surface area contributed by atoms with E-state index >= 15 is 0 Å².